The van der Waals surface area contributed by atoms with Gasteiger partial charge in [0.2, 0.25) is 5.91 Å². The molecule has 0 unspecified atom stereocenters. The van der Waals surface area contributed by atoms with Gasteiger partial charge in [-0.2, -0.15) is 0 Å². The number of carbonyl (C=O) groups excluding carboxylic acids is 2. The number of amides is 2. The number of anilines is 1. The topological polar surface area (TPSA) is 93.4 Å². The summed E-state index contributed by atoms with van der Waals surface area (Å²) in [6, 6.07) is 14.4. The number of primary amides is 1. The molecule has 0 heterocycles. The highest BCUT2D eigenvalue weighted by atomic mass is 16.5. The molecule has 4 N–H and O–H groups in total. The minimum atomic E-state index is -0.535. The van der Waals surface area contributed by atoms with Crippen molar-refractivity contribution in [3.63, 3.8) is 0 Å². The average molecular weight is 341 g/mol. The van der Waals surface area contributed by atoms with Crippen LogP contribution in [0.25, 0.3) is 0 Å². The van der Waals surface area contributed by atoms with Crippen LogP contribution in [0, 0.1) is 0 Å². The zero-order chi connectivity index (χ0) is 18.2. The van der Waals surface area contributed by atoms with Crippen LogP contribution in [0.5, 0.6) is 5.75 Å². The number of hydrogen-bond acceptors (Lipinski definition) is 4. The molecule has 0 aliphatic rings. The van der Waals surface area contributed by atoms with E-state index in [0.717, 1.165) is 11.3 Å². The van der Waals surface area contributed by atoms with Crippen LogP contribution in [0.2, 0.25) is 0 Å². The van der Waals surface area contributed by atoms with Gasteiger partial charge in [0.15, 0.2) is 0 Å². The molecular formula is C19H23N3O3. The van der Waals surface area contributed by atoms with Gasteiger partial charge in [-0.3, -0.25) is 9.59 Å². The Morgan fingerprint density at radius 1 is 1.08 bits per heavy atom. The van der Waals surface area contributed by atoms with Gasteiger partial charge in [0.25, 0.3) is 5.91 Å². The first-order valence-electron chi connectivity index (χ1n) is 8.10. The van der Waals surface area contributed by atoms with Crippen LogP contribution in [0.15, 0.2) is 48.5 Å². The van der Waals surface area contributed by atoms with E-state index in [9.17, 15) is 9.59 Å². The Kier molecular flexibility index (Phi) is 6.39. The van der Waals surface area contributed by atoms with Gasteiger partial charge in [-0.15, -0.1) is 0 Å². The van der Waals surface area contributed by atoms with Crippen molar-refractivity contribution in [1.29, 1.82) is 0 Å². The Labute approximate surface area is 147 Å². The number of nitrogens with one attached hydrogen (secondary N) is 2. The summed E-state index contributed by atoms with van der Waals surface area (Å²) in [5.74, 6) is 0.0868. The Morgan fingerprint density at radius 3 is 2.40 bits per heavy atom. The second kappa shape index (κ2) is 8.73. The molecule has 0 bridgehead atoms. The summed E-state index contributed by atoms with van der Waals surface area (Å²) in [5, 5.41) is 5.75. The minimum absolute atomic E-state index is 0.0544. The summed E-state index contributed by atoms with van der Waals surface area (Å²) in [7, 11) is 0. The number of nitrogens with two attached hydrogens (primary N) is 1. The largest absolute Gasteiger partial charge is 0.491 e. The third-order valence-electron chi connectivity index (χ3n) is 3.42. The number of benzene rings is 2. The molecule has 0 radical (unpaired) electrons. The fraction of sp³-hybridized carbons (Fsp3) is 0.263. The van der Waals surface area contributed by atoms with Gasteiger partial charge in [0, 0.05) is 12.2 Å². The third-order valence-corrected chi connectivity index (χ3v) is 3.42. The average Bonchev–Trinajstić information content (AvgIpc) is 2.59. The molecule has 2 aromatic carbocycles. The number of carbonyl (C=O) groups is 2. The monoisotopic (exact) mass is 341 g/mol. The molecule has 0 fully saturated rings. The van der Waals surface area contributed by atoms with E-state index in [1.54, 1.807) is 24.3 Å². The molecule has 25 heavy (non-hydrogen) atoms. The predicted octanol–water partition coefficient (Wildman–Crippen LogP) is 2.30. The van der Waals surface area contributed by atoms with Gasteiger partial charge >= 0.3 is 0 Å². The first-order valence-corrected chi connectivity index (χ1v) is 8.10. The van der Waals surface area contributed by atoms with E-state index in [-0.39, 0.29) is 18.6 Å². The summed E-state index contributed by atoms with van der Waals surface area (Å²) in [5.41, 5.74) is 7.18. The number of ether oxygens (including phenoxy) is 1. The lowest BCUT2D eigenvalue weighted by molar-refractivity contribution is -0.119. The van der Waals surface area contributed by atoms with Crippen LogP contribution in [-0.4, -0.2) is 24.5 Å². The molecule has 2 rings (SSSR count). The molecule has 0 aliphatic heterocycles. The van der Waals surface area contributed by atoms with Gasteiger partial charge in [0.05, 0.1) is 18.2 Å². The van der Waals surface area contributed by atoms with Gasteiger partial charge in [0.1, 0.15) is 5.75 Å². The zero-order valence-electron chi connectivity index (χ0n) is 14.4. The van der Waals surface area contributed by atoms with Gasteiger partial charge in [-0.05, 0) is 43.7 Å². The van der Waals surface area contributed by atoms with Crippen LogP contribution in [0.1, 0.15) is 29.8 Å². The maximum absolute atomic E-state index is 12.0. The minimum Gasteiger partial charge on any atom is -0.491 e. The third kappa shape index (κ3) is 5.84. The van der Waals surface area contributed by atoms with E-state index in [4.69, 9.17) is 10.5 Å². The maximum atomic E-state index is 12.0. The van der Waals surface area contributed by atoms with Crippen molar-refractivity contribution in [2.75, 3.05) is 11.9 Å². The fourth-order valence-corrected chi connectivity index (χ4v) is 2.25. The maximum Gasteiger partial charge on any atom is 0.250 e. The van der Waals surface area contributed by atoms with E-state index < -0.39 is 5.91 Å². The van der Waals surface area contributed by atoms with Crippen molar-refractivity contribution < 1.29 is 14.3 Å². The molecule has 0 saturated carbocycles. The lowest BCUT2D eigenvalue weighted by Gasteiger charge is -2.11. The van der Waals surface area contributed by atoms with Crippen LogP contribution in [0.3, 0.4) is 0 Å². The van der Waals surface area contributed by atoms with E-state index in [2.05, 4.69) is 10.6 Å². The molecule has 2 aromatic rings. The molecule has 6 nitrogen and oxygen atoms in total. The molecule has 2 amide bonds. The van der Waals surface area contributed by atoms with Gasteiger partial charge < -0.3 is 21.1 Å². The highest BCUT2D eigenvalue weighted by Crippen LogP contribution is 2.14. The van der Waals surface area contributed by atoms with Gasteiger partial charge in [-0.1, -0.05) is 24.3 Å². The number of hydrogen-bond donors (Lipinski definition) is 3. The first-order chi connectivity index (χ1) is 12.0. The summed E-state index contributed by atoms with van der Waals surface area (Å²) < 4.78 is 5.58. The highest BCUT2D eigenvalue weighted by molar-refractivity contribution is 5.98. The SMILES string of the molecule is CC(C)Oc1ccc(CNC(=O)CNc2ccccc2C(N)=O)cc1. The fourth-order valence-electron chi connectivity index (χ4n) is 2.25. The Hall–Kier alpha value is -3.02. The van der Waals surface area contributed by atoms with E-state index in [1.165, 1.54) is 0 Å². The van der Waals surface area contributed by atoms with E-state index in [1.807, 2.05) is 38.1 Å². The quantitative estimate of drug-likeness (QED) is 0.687. The number of para-hydroxylation sites is 1. The first kappa shape index (κ1) is 18.3. The Morgan fingerprint density at radius 2 is 1.76 bits per heavy atom. The van der Waals surface area contributed by atoms with Crippen molar-refractivity contribution in [2.24, 2.45) is 5.73 Å². The molecule has 6 heteroatoms. The lowest BCUT2D eigenvalue weighted by atomic mass is 10.1. The van der Waals surface area contributed by atoms with Crippen LogP contribution < -0.4 is 21.1 Å². The van der Waals surface area contributed by atoms with Crippen molar-refractivity contribution in [1.82, 2.24) is 5.32 Å². The van der Waals surface area contributed by atoms with Crippen LogP contribution >= 0.6 is 0 Å². The second-order valence-electron chi connectivity index (χ2n) is 5.85. The second-order valence-corrected chi connectivity index (χ2v) is 5.85. The smallest absolute Gasteiger partial charge is 0.250 e. The Balaban J connectivity index is 1.82. The summed E-state index contributed by atoms with van der Waals surface area (Å²) >= 11 is 0. The predicted molar refractivity (Wildman–Crippen MR) is 97.5 cm³/mol. The molecular weight excluding hydrogens is 318 g/mol. The lowest BCUT2D eigenvalue weighted by Crippen LogP contribution is -2.30. The molecule has 132 valence electrons. The normalized spacial score (nSPS) is 10.4. The van der Waals surface area contributed by atoms with E-state index >= 15 is 0 Å². The molecule has 0 aliphatic carbocycles. The zero-order valence-corrected chi connectivity index (χ0v) is 14.4. The van der Waals surface area contributed by atoms with Crippen molar-refractivity contribution in [3.05, 3.63) is 59.7 Å². The Bertz CT molecular complexity index is 727. The summed E-state index contributed by atoms with van der Waals surface area (Å²) in [4.78, 5) is 23.3. The molecule has 0 atom stereocenters. The standard InChI is InChI=1S/C19H23N3O3/c1-13(2)25-15-9-7-14(8-10-15)11-22-18(23)12-21-17-6-4-3-5-16(17)19(20)24/h3-10,13,21H,11-12H2,1-2H3,(H2,20,24)(H,22,23). The van der Waals surface area contributed by atoms with Crippen molar-refractivity contribution in [3.8, 4) is 5.75 Å². The van der Waals surface area contributed by atoms with E-state index in [0.29, 0.717) is 17.8 Å². The molecule has 0 saturated heterocycles. The van der Waals surface area contributed by atoms with Crippen molar-refractivity contribution in [2.45, 2.75) is 26.5 Å². The van der Waals surface area contributed by atoms with Crippen molar-refractivity contribution >= 4 is 17.5 Å². The highest BCUT2D eigenvalue weighted by Gasteiger charge is 2.08. The molecule has 0 aromatic heterocycles. The van der Waals surface area contributed by atoms with Gasteiger partial charge in [-0.25, -0.2) is 0 Å². The summed E-state index contributed by atoms with van der Waals surface area (Å²) in [6.07, 6.45) is 0.125. The van der Waals surface area contributed by atoms with Crippen LogP contribution in [-0.2, 0) is 11.3 Å². The molecule has 0 spiro atoms. The summed E-state index contributed by atoms with van der Waals surface area (Å²) in [6.45, 7) is 4.41. The number of rotatable bonds is 8. The van der Waals surface area contributed by atoms with Crippen LogP contribution in [0.4, 0.5) is 5.69 Å².